The van der Waals surface area contributed by atoms with Crippen LogP contribution in [0.2, 0.25) is 5.02 Å². The van der Waals surface area contributed by atoms with Crippen molar-refractivity contribution in [3.8, 4) is 5.75 Å². The average Bonchev–Trinajstić information content (AvgIpc) is 2.19. The molecule has 1 nitrogen and oxygen atoms in total. The molecule has 2 heteroatoms. The summed E-state index contributed by atoms with van der Waals surface area (Å²) in [4.78, 5) is 0. The molecule has 1 aromatic rings. The van der Waals surface area contributed by atoms with Crippen molar-refractivity contribution in [3.63, 3.8) is 0 Å². The van der Waals surface area contributed by atoms with E-state index in [9.17, 15) is 5.11 Å². The highest BCUT2D eigenvalue weighted by Crippen LogP contribution is 2.32. The van der Waals surface area contributed by atoms with E-state index in [-0.39, 0.29) is 0 Å². The van der Waals surface area contributed by atoms with Crippen molar-refractivity contribution in [2.75, 3.05) is 0 Å². The third-order valence-corrected chi connectivity index (χ3v) is 3.07. The minimum absolute atomic E-state index is 0.360. The molecule has 1 atom stereocenters. The zero-order valence-electron chi connectivity index (χ0n) is 8.97. The first kappa shape index (κ1) is 11.4. The number of phenolic OH excluding ortho intramolecular Hbond substituents is 1. The van der Waals surface area contributed by atoms with Crippen molar-refractivity contribution in [2.24, 2.45) is 0 Å². The van der Waals surface area contributed by atoms with Crippen LogP contribution in [0.25, 0.3) is 0 Å². The van der Waals surface area contributed by atoms with Crippen LogP contribution in [-0.2, 0) is 6.42 Å². The maximum atomic E-state index is 9.79. The standard InChI is InChI=1S/C12H17ClO/c1-4-8(3)10-7-11(13)9(5-2)6-12(10)14/h6-8,14H,4-5H2,1-3H3. The SMILES string of the molecule is CCc1cc(O)c(C(C)CC)cc1Cl. The van der Waals surface area contributed by atoms with Gasteiger partial charge in [0.15, 0.2) is 0 Å². The molecule has 0 bridgehead atoms. The fourth-order valence-corrected chi connectivity index (χ4v) is 1.81. The quantitative estimate of drug-likeness (QED) is 0.799. The predicted octanol–water partition coefficient (Wildman–Crippen LogP) is 4.12. The number of phenols is 1. The molecule has 0 aliphatic rings. The summed E-state index contributed by atoms with van der Waals surface area (Å²) in [5.74, 6) is 0.735. The molecule has 1 N–H and O–H groups in total. The van der Waals surface area contributed by atoms with Crippen LogP contribution in [0, 0.1) is 0 Å². The van der Waals surface area contributed by atoms with Gasteiger partial charge in [0.2, 0.25) is 0 Å². The highest BCUT2D eigenvalue weighted by Gasteiger charge is 2.11. The van der Waals surface area contributed by atoms with E-state index in [0.29, 0.717) is 11.7 Å². The topological polar surface area (TPSA) is 20.2 Å². The molecular weight excluding hydrogens is 196 g/mol. The van der Waals surface area contributed by atoms with E-state index in [4.69, 9.17) is 11.6 Å². The van der Waals surface area contributed by atoms with E-state index in [1.165, 1.54) is 0 Å². The number of hydrogen-bond acceptors (Lipinski definition) is 1. The third-order valence-electron chi connectivity index (χ3n) is 2.72. The number of hydrogen-bond donors (Lipinski definition) is 1. The van der Waals surface area contributed by atoms with Crippen molar-refractivity contribution in [1.29, 1.82) is 0 Å². The molecule has 78 valence electrons. The zero-order chi connectivity index (χ0) is 10.7. The third kappa shape index (κ3) is 2.21. The van der Waals surface area contributed by atoms with Gasteiger partial charge in [0.05, 0.1) is 0 Å². The number of halogens is 1. The van der Waals surface area contributed by atoms with Crippen LogP contribution >= 0.6 is 11.6 Å². The molecule has 0 amide bonds. The van der Waals surface area contributed by atoms with Gasteiger partial charge in [-0.25, -0.2) is 0 Å². The summed E-state index contributed by atoms with van der Waals surface area (Å²) in [6, 6.07) is 3.67. The van der Waals surface area contributed by atoms with E-state index in [0.717, 1.165) is 29.0 Å². The lowest BCUT2D eigenvalue weighted by atomic mass is 9.96. The first-order valence-electron chi connectivity index (χ1n) is 5.11. The molecule has 14 heavy (non-hydrogen) atoms. The molecule has 1 rings (SSSR count). The molecule has 0 saturated heterocycles. The van der Waals surface area contributed by atoms with Crippen molar-refractivity contribution >= 4 is 11.6 Å². The number of benzene rings is 1. The monoisotopic (exact) mass is 212 g/mol. The van der Waals surface area contributed by atoms with Crippen LogP contribution in [0.3, 0.4) is 0 Å². The first-order chi connectivity index (χ1) is 6.60. The van der Waals surface area contributed by atoms with Gasteiger partial charge < -0.3 is 5.11 Å². The van der Waals surface area contributed by atoms with Crippen LogP contribution in [0.15, 0.2) is 12.1 Å². The van der Waals surface area contributed by atoms with Gasteiger partial charge in [-0.1, -0.05) is 32.4 Å². The van der Waals surface area contributed by atoms with Gasteiger partial charge in [0, 0.05) is 5.02 Å². The Morgan fingerprint density at radius 2 is 2.00 bits per heavy atom. The second-order valence-corrected chi connectivity index (χ2v) is 4.07. The van der Waals surface area contributed by atoms with Crippen molar-refractivity contribution in [2.45, 2.75) is 39.5 Å². The smallest absolute Gasteiger partial charge is 0.119 e. The van der Waals surface area contributed by atoms with Crippen LogP contribution in [0.4, 0.5) is 0 Å². The van der Waals surface area contributed by atoms with Gasteiger partial charge in [-0.2, -0.15) is 0 Å². The van der Waals surface area contributed by atoms with Gasteiger partial charge in [-0.05, 0) is 42.0 Å². The van der Waals surface area contributed by atoms with Gasteiger partial charge in [0.1, 0.15) is 5.75 Å². The van der Waals surface area contributed by atoms with E-state index in [1.807, 2.05) is 13.0 Å². The molecule has 0 radical (unpaired) electrons. The van der Waals surface area contributed by atoms with Crippen molar-refractivity contribution < 1.29 is 5.11 Å². The Kier molecular flexibility index (Phi) is 3.82. The van der Waals surface area contributed by atoms with Gasteiger partial charge in [-0.3, -0.25) is 0 Å². The maximum absolute atomic E-state index is 9.79. The Labute approximate surface area is 90.7 Å². The van der Waals surface area contributed by atoms with E-state index in [1.54, 1.807) is 6.07 Å². The van der Waals surface area contributed by atoms with Crippen LogP contribution < -0.4 is 0 Å². The van der Waals surface area contributed by atoms with Crippen molar-refractivity contribution in [1.82, 2.24) is 0 Å². The molecule has 0 spiro atoms. The van der Waals surface area contributed by atoms with Gasteiger partial charge in [-0.15, -0.1) is 0 Å². The number of aromatic hydroxyl groups is 1. The number of rotatable bonds is 3. The van der Waals surface area contributed by atoms with E-state index >= 15 is 0 Å². The Morgan fingerprint density at radius 1 is 1.36 bits per heavy atom. The molecule has 0 saturated carbocycles. The molecule has 0 aliphatic heterocycles. The summed E-state index contributed by atoms with van der Waals surface area (Å²) in [5, 5.41) is 10.6. The highest BCUT2D eigenvalue weighted by molar-refractivity contribution is 6.31. The zero-order valence-corrected chi connectivity index (χ0v) is 9.73. The molecule has 0 heterocycles. The average molecular weight is 213 g/mol. The summed E-state index contributed by atoms with van der Waals surface area (Å²) in [7, 11) is 0. The highest BCUT2D eigenvalue weighted by atomic mass is 35.5. The largest absolute Gasteiger partial charge is 0.508 e. The molecular formula is C12H17ClO. The summed E-state index contributed by atoms with van der Waals surface area (Å²) >= 11 is 6.09. The van der Waals surface area contributed by atoms with Gasteiger partial charge in [0.25, 0.3) is 0 Å². The first-order valence-corrected chi connectivity index (χ1v) is 5.49. The molecule has 1 unspecified atom stereocenters. The molecule has 0 fully saturated rings. The van der Waals surface area contributed by atoms with E-state index < -0.39 is 0 Å². The fraction of sp³-hybridized carbons (Fsp3) is 0.500. The summed E-state index contributed by atoms with van der Waals surface area (Å²) < 4.78 is 0. The second-order valence-electron chi connectivity index (χ2n) is 3.67. The van der Waals surface area contributed by atoms with E-state index in [2.05, 4.69) is 13.8 Å². The maximum Gasteiger partial charge on any atom is 0.119 e. The molecule has 1 aromatic carbocycles. The second kappa shape index (κ2) is 4.70. The normalized spacial score (nSPS) is 12.9. The fourth-order valence-electron chi connectivity index (χ4n) is 1.51. The Morgan fingerprint density at radius 3 is 2.50 bits per heavy atom. The predicted molar refractivity (Wildman–Crippen MR) is 61.2 cm³/mol. The summed E-state index contributed by atoms with van der Waals surface area (Å²) in [5.41, 5.74) is 1.96. The Balaban J connectivity index is 3.14. The van der Waals surface area contributed by atoms with Crippen LogP contribution in [0.5, 0.6) is 5.75 Å². The summed E-state index contributed by atoms with van der Waals surface area (Å²) in [6.07, 6.45) is 1.86. The Bertz CT molecular complexity index is 320. The summed E-state index contributed by atoms with van der Waals surface area (Å²) in [6.45, 7) is 6.23. The number of aryl methyl sites for hydroxylation is 1. The lowest BCUT2D eigenvalue weighted by Crippen LogP contribution is -1.94. The minimum atomic E-state index is 0.360. The molecule has 0 aliphatic carbocycles. The lowest BCUT2D eigenvalue weighted by Gasteiger charge is -2.13. The van der Waals surface area contributed by atoms with Crippen LogP contribution in [-0.4, -0.2) is 5.11 Å². The lowest BCUT2D eigenvalue weighted by molar-refractivity contribution is 0.461. The van der Waals surface area contributed by atoms with Crippen molar-refractivity contribution in [3.05, 3.63) is 28.3 Å². The van der Waals surface area contributed by atoms with Gasteiger partial charge >= 0.3 is 0 Å². The Hall–Kier alpha value is -0.690. The molecule has 0 aromatic heterocycles. The minimum Gasteiger partial charge on any atom is -0.508 e. The van der Waals surface area contributed by atoms with Crippen LogP contribution in [0.1, 0.15) is 44.2 Å².